The van der Waals surface area contributed by atoms with Gasteiger partial charge in [-0.3, -0.25) is 10.1 Å². The molecular weight excluding hydrogens is 318 g/mol. The van der Waals surface area contributed by atoms with Crippen molar-refractivity contribution in [2.24, 2.45) is 0 Å². The third-order valence-corrected chi connectivity index (χ3v) is 3.58. The standard InChI is InChI=1S/C19H23N3O3/c1-22(2,15-18(23)20-16-9-5-3-6-10-16)13-14-25-19(24)21-17-11-7-4-8-12-17/h3-12H,13-15H2,1-2H3,(H-,20,21,23,24)/p+1. The molecule has 0 aliphatic rings. The van der Waals surface area contributed by atoms with Crippen molar-refractivity contribution < 1.29 is 18.8 Å². The molecule has 0 atom stereocenters. The number of hydrogen-bond donors (Lipinski definition) is 2. The van der Waals surface area contributed by atoms with Crippen LogP contribution >= 0.6 is 0 Å². The Morgan fingerprint density at radius 1 is 0.880 bits per heavy atom. The number of quaternary nitrogens is 1. The van der Waals surface area contributed by atoms with Crippen molar-refractivity contribution in [2.75, 3.05) is 44.4 Å². The van der Waals surface area contributed by atoms with E-state index in [0.717, 1.165) is 5.69 Å². The van der Waals surface area contributed by atoms with Crippen LogP contribution in [0.5, 0.6) is 0 Å². The van der Waals surface area contributed by atoms with Gasteiger partial charge in [-0.05, 0) is 24.3 Å². The Balaban J connectivity index is 1.71. The summed E-state index contributed by atoms with van der Waals surface area (Å²) in [6, 6.07) is 18.4. The molecule has 0 bridgehead atoms. The van der Waals surface area contributed by atoms with E-state index in [1.165, 1.54) is 0 Å². The largest absolute Gasteiger partial charge is 0.443 e. The molecule has 0 saturated heterocycles. The van der Waals surface area contributed by atoms with Crippen molar-refractivity contribution in [3.05, 3.63) is 60.7 Å². The molecule has 0 radical (unpaired) electrons. The van der Waals surface area contributed by atoms with Crippen LogP contribution in [-0.4, -0.2) is 50.3 Å². The van der Waals surface area contributed by atoms with Crippen LogP contribution < -0.4 is 10.6 Å². The highest BCUT2D eigenvalue weighted by atomic mass is 16.5. The van der Waals surface area contributed by atoms with Gasteiger partial charge in [0, 0.05) is 11.4 Å². The second kappa shape index (κ2) is 8.84. The third-order valence-electron chi connectivity index (χ3n) is 3.58. The molecule has 2 aromatic carbocycles. The van der Waals surface area contributed by atoms with Crippen LogP contribution in [0.1, 0.15) is 0 Å². The van der Waals surface area contributed by atoms with Gasteiger partial charge in [0.25, 0.3) is 5.91 Å². The van der Waals surface area contributed by atoms with E-state index in [1.807, 2.05) is 62.6 Å². The molecule has 6 nitrogen and oxygen atoms in total. The Morgan fingerprint density at radius 2 is 1.40 bits per heavy atom. The van der Waals surface area contributed by atoms with Gasteiger partial charge >= 0.3 is 6.09 Å². The number of para-hydroxylation sites is 2. The molecule has 2 rings (SSSR count). The summed E-state index contributed by atoms with van der Waals surface area (Å²) in [7, 11) is 3.84. The topological polar surface area (TPSA) is 67.4 Å². The molecule has 2 aromatic rings. The van der Waals surface area contributed by atoms with E-state index in [1.54, 1.807) is 12.1 Å². The van der Waals surface area contributed by atoms with Gasteiger partial charge in [-0.1, -0.05) is 36.4 Å². The van der Waals surface area contributed by atoms with Crippen LogP contribution in [-0.2, 0) is 9.53 Å². The Morgan fingerprint density at radius 3 is 1.96 bits per heavy atom. The second-order valence-electron chi connectivity index (χ2n) is 6.36. The number of benzene rings is 2. The highest BCUT2D eigenvalue weighted by Gasteiger charge is 2.20. The third kappa shape index (κ3) is 7.05. The van der Waals surface area contributed by atoms with Crippen molar-refractivity contribution in [1.29, 1.82) is 0 Å². The smallest absolute Gasteiger partial charge is 0.411 e. The average Bonchev–Trinajstić information content (AvgIpc) is 2.55. The van der Waals surface area contributed by atoms with Crippen molar-refractivity contribution >= 4 is 23.4 Å². The van der Waals surface area contributed by atoms with Gasteiger partial charge in [0.05, 0.1) is 14.1 Å². The lowest BCUT2D eigenvalue weighted by molar-refractivity contribution is -0.882. The van der Waals surface area contributed by atoms with Crippen molar-refractivity contribution in [2.45, 2.75) is 0 Å². The molecule has 0 saturated carbocycles. The number of carbonyl (C=O) groups is 2. The highest BCUT2D eigenvalue weighted by Crippen LogP contribution is 2.07. The number of anilines is 2. The number of ether oxygens (including phenoxy) is 1. The molecule has 25 heavy (non-hydrogen) atoms. The fraction of sp³-hybridized carbons (Fsp3) is 0.263. The Kier molecular flexibility index (Phi) is 6.54. The van der Waals surface area contributed by atoms with E-state index in [0.29, 0.717) is 23.3 Å². The van der Waals surface area contributed by atoms with E-state index >= 15 is 0 Å². The summed E-state index contributed by atoms with van der Waals surface area (Å²) in [5.41, 5.74) is 1.45. The minimum atomic E-state index is -0.500. The second-order valence-corrected chi connectivity index (χ2v) is 6.36. The molecule has 0 heterocycles. The van der Waals surface area contributed by atoms with Crippen molar-refractivity contribution in [3.8, 4) is 0 Å². The van der Waals surface area contributed by atoms with Gasteiger partial charge in [-0.25, -0.2) is 4.79 Å². The number of hydrogen-bond acceptors (Lipinski definition) is 3. The van der Waals surface area contributed by atoms with Gasteiger partial charge in [0.1, 0.15) is 13.2 Å². The maximum Gasteiger partial charge on any atom is 0.411 e. The predicted molar refractivity (Wildman–Crippen MR) is 98.3 cm³/mol. The molecule has 0 fully saturated rings. The zero-order chi connectivity index (χ0) is 18.1. The van der Waals surface area contributed by atoms with Crippen LogP contribution in [0.2, 0.25) is 0 Å². The molecule has 0 aliphatic heterocycles. The summed E-state index contributed by atoms with van der Waals surface area (Å²) in [5.74, 6) is -0.0788. The molecular formula is C19H24N3O3+. The fourth-order valence-electron chi connectivity index (χ4n) is 2.25. The lowest BCUT2D eigenvalue weighted by atomic mass is 10.3. The lowest BCUT2D eigenvalue weighted by Gasteiger charge is -2.28. The summed E-state index contributed by atoms with van der Waals surface area (Å²) >= 11 is 0. The van der Waals surface area contributed by atoms with E-state index in [-0.39, 0.29) is 12.5 Å². The summed E-state index contributed by atoms with van der Waals surface area (Å²) in [5, 5.41) is 5.51. The Labute approximate surface area is 148 Å². The summed E-state index contributed by atoms with van der Waals surface area (Å²) in [6.45, 7) is 1.05. The maximum atomic E-state index is 12.1. The van der Waals surface area contributed by atoms with E-state index < -0.39 is 6.09 Å². The molecule has 132 valence electrons. The minimum absolute atomic E-state index is 0.0788. The number of amides is 2. The van der Waals surface area contributed by atoms with E-state index in [4.69, 9.17) is 4.74 Å². The van der Waals surface area contributed by atoms with Gasteiger partial charge in [-0.15, -0.1) is 0 Å². The molecule has 2 N–H and O–H groups in total. The number of rotatable bonds is 7. The first-order valence-corrected chi connectivity index (χ1v) is 8.10. The first-order chi connectivity index (χ1) is 11.9. The number of likely N-dealkylation sites (N-methyl/N-ethyl adjacent to an activating group) is 1. The van der Waals surface area contributed by atoms with Crippen molar-refractivity contribution in [1.82, 2.24) is 0 Å². The molecule has 0 aromatic heterocycles. The number of nitrogens with zero attached hydrogens (tertiary/aromatic N) is 1. The monoisotopic (exact) mass is 342 g/mol. The van der Waals surface area contributed by atoms with Gasteiger partial charge in [0.15, 0.2) is 6.54 Å². The van der Waals surface area contributed by atoms with E-state index in [9.17, 15) is 9.59 Å². The zero-order valence-corrected chi connectivity index (χ0v) is 14.6. The highest BCUT2D eigenvalue weighted by molar-refractivity contribution is 5.91. The van der Waals surface area contributed by atoms with E-state index in [2.05, 4.69) is 10.6 Å². The Hall–Kier alpha value is -2.86. The van der Waals surface area contributed by atoms with Crippen LogP contribution in [0.4, 0.5) is 16.2 Å². The first-order valence-electron chi connectivity index (χ1n) is 8.10. The summed E-state index contributed by atoms with van der Waals surface area (Å²) in [6.07, 6.45) is -0.500. The fourth-order valence-corrected chi connectivity index (χ4v) is 2.25. The Bertz CT molecular complexity index is 688. The molecule has 0 spiro atoms. The normalized spacial score (nSPS) is 10.8. The molecule has 0 aliphatic carbocycles. The van der Waals surface area contributed by atoms with Crippen LogP contribution in [0.15, 0.2) is 60.7 Å². The maximum absolute atomic E-state index is 12.1. The first kappa shape index (κ1) is 18.5. The van der Waals surface area contributed by atoms with Gasteiger partial charge in [0.2, 0.25) is 0 Å². The quantitative estimate of drug-likeness (QED) is 0.760. The molecule has 0 unspecified atom stereocenters. The van der Waals surface area contributed by atoms with Crippen LogP contribution in [0, 0.1) is 0 Å². The summed E-state index contributed by atoms with van der Waals surface area (Å²) < 4.78 is 5.60. The van der Waals surface area contributed by atoms with Crippen LogP contribution in [0.25, 0.3) is 0 Å². The SMILES string of the molecule is C[N+](C)(CCOC(=O)Nc1ccccc1)CC(=O)Nc1ccccc1. The minimum Gasteiger partial charge on any atom is -0.443 e. The number of nitrogens with one attached hydrogen (secondary N) is 2. The molecule has 6 heteroatoms. The lowest BCUT2D eigenvalue weighted by Crippen LogP contribution is -2.47. The molecule has 2 amide bonds. The number of carbonyl (C=O) groups excluding carboxylic acids is 2. The van der Waals surface area contributed by atoms with Crippen molar-refractivity contribution in [3.63, 3.8) is 0 Å². The van der Waals surface area contributed by atoms with Crippen LogP contribution in [0.3, 0.4) is 0 Å². The average molecular weight is 342 g/mol. The van der Waals surface area contributed by atoms with Gasteiger partial charge < -0.3 is 14.5 Å². The predicted octanol–water partition coefficient (Wildman–Crippen LogP) is 2.95. The zero-order valence-electron chi connectivity index (χ0n) is 14.6. The summed E-state index contributed by atoms with van der Waals surface area (Å²) in [4.78, 5) is 23.9. The van der Waals surface area contributed by atoms with Gasteiger partial charge in [-0.2, -0.15) is 0 Å².